The molecule has 230 valence electrons. The summed E-state index contributed by atoms with van der Waals surface area (Å²) in [5.74, 6) is 1.13. The Kier molecular flexibility index (Phi) is 7.68. The van der Waals surface area contributed by atoms with Gasteiger partial charge in [0.25, 0.3) is 0 Å². The fourth-order valence-corrected chi connectivity index (χ4v) is 7.16. The summed E-state index contributed by atoms with van der Waals surface area (Å²) in [4.78, 5) is 22.3. The SMILES string of the molecule is Clc1cccc(C2=NC(c3ccccc3)(C3(c4ccccc4)N=C(c4cccc(Cl)c4)N=C3c3ccccc3)C(c3ccccc3)=N2)c1. The van der Waals surface area contributed by atoms with Gasteiger partial charge in [-0.25, -0.2) is 20.0 Å². The van der Waals surface area contributed by atoms with Gasteiger partial charge in [0.05, 0.1) is 11.4 Å². The molecule has 0 spiro atoms. The molecule has 0 aromatic heterocycles. The Balaban J connectivity index is 1.56. The van der Waals surface area contributed by atoms with E-state index < -0.39 is 11.1 Å². The molecule has 2 aliphatic rings. The van der Waals surface area contributed by atoms with E-state index in [1.165, 1.54) is 0 Å². The normalized spacial score (nSPS) is 20.1. The minimum absolute atomic E-state index is 0.564. The van der Waals surface area contributed by atoms with Gasteiger partial charge in [-0.3, -0.25) is 0 Å². The van der Waals surface area contributed by atoms with E-state index in [-0.39, 0.29) is 0 Å². The number of nitrogens with zero attached hydrogens (tertiary/aromatic N) is 4. The summed E-state index contributed by atoms with van der Waals surface area (Å²) in [6, 6.07) is 56.5. The van der Waals surface area contributed by atoms with Gasteiger partial charge in [0.15, 0.2) is 22.7 Å². The number of hydrogen-bond acceptors (Lipinski definition) is 4. The second kappa shape index (κ2) is 12.3. The zero-order valence-corrected chi connectivity index (χ0v) is 27.2. The third-order valence-electron chi connectivity index (χ3n) is 8.83. The van der Waals surface area contributed by atoms with Crippen LogP contribution in [0.3, 0.4) is 0 Å². The van der Waals surface area contributed by atoms with E-state index in [1.54, 1.807) is 0 Å². The quantitative estimate of drug-likeness (QED) is 0.164. The lowest BCUT2D eigenvalue weighted by atomic mass is 9.62. The molecule has 0 bridgehead atoms. The molecule has 6 heteroatoms. The summed E-state index contributed by atoms with van der Waals surface area (Å²) in [7, 11) is 0. The number of halogens is 2. The van der Waals surface area contributed by atoms with Crippen molar-refractivity contribution in [3.05, 3.63) is 213 Å². The molecule has 2 aliphatic heterocycles. The van der Waals surface area contributed by atoms with Crippen LogP contribution in [0.4, 0.5) is 0 Å². The van der Waals surface area contributed by atoms with Crippen molar-refractivity contribution in [1.82, 2.24) is 0 Å². The molecule has 0 aliphatic carbocycles. The Bertz CT molecular complexity index is 2090. The smallest absolute Gasteiger partial charge is 0.165 e. The number of benzene rings is 6. The molecular formula is C42H28Cl2N4. The highest BCUT2D eigenvalue weighted by molar-refractivity contribution is 6.33. The van der Waals surface area contributed by atoms with Crippen LogP contribution in [-0.2, 0) is 11.1 Å². The zero-order valence-electron chi connectivity index (χ0n) is 25.7. The Hall–Kier alpha value is -5.42. The summed E-state index contributed by atoms with van der Waals surface area (Å²) in [5.41, 5.74) is 4.40. The molecule has 4 nitrogen and oxygen atoms in total. The van der Waals surface area contributed by atoms with E-state index in [2.05, 4.69) is 48.5 Å². The van der Waals surface area contributed by atoms with Crippen LogP contribution in [0.2, 0.25) is 10.0 Å². The van der Waals surface area contributed by atoms with Gasteiger partial charge in [-0.2, -0.15) is 0 Å². The standard InChI is InChI=1S/C42H28Cl2N4/c43-35-25-13-19-31(27-35)39-45-37(29-15-5-1-6-16-29)41(47-39,33-21-9-3-10-22-33)42(34-23-11-4-12-24-34)38(30-17-7-2-8-18-30)46-40(48-42)32-20-14-26-36(44)28-32/h1-28H. The summed E-state index contributed by atoms with van der Waals surface area (Å²) < 4.78 is 0. The molecule has 8 rings (SSSR count). The Morgan fingerprint density at radius 3 is 1.04 bits per heavy atom. The lowest BCUT2D eigenvalue weighted by Crippen LogP contribution is -2.55. The number of amidine groups is 2. The number of hydrogen-bond donors (Lipinski definition) is 0. The molecule has 2 heterocycles. The first-order chi connectivity index (χ1) is 23.6. The molecule has 48 heavy (non-hydrogen) atoms. The van der Waals surface area contributed by atoms with E-state index in [1.807, 2.05) is 121 Å². The predicted molar refractivity (Wildman–Crippen MR) is 198 cm³/mol. The molecule has 0 amide bonds. The van der Waals surface area contributed by atoms with Crippen molar-refractivity contribution >= 4 is 46.3 Å². The maximum Gasteiger partial charge on any atom is 0.165 e. The first-order valence-corrected chi connectivity index (χ1v) is 16.5. The van der Waals surface area contributed by atoms with E-state index >= 15 is 0 Å². The monoisotopic (exact) mass is 658 g/mol. The van der Waals surface area contributed by atoms with Gasteiger partial charge >= 0.3 is 0 Å². The molecule has 0 fully saturated rings. The molecule has 6 aromatic carbocycles. The Labute approximate surface area is 289 Å². The first kappa shape index (κ1) is 29.9. The van der Waals surface area contributed by atoms with Crippen molar-refractivity contribution in [2.45, 2.75) is 11.1 Å². The molecule has 0 saturated carbocycles. The van der Waals surface area contributed by atoms with E-state index in [0.717, 1.165) is 44.8 Å². The Morgan fingerprint density at radius 2 is 0.688 bits per heavy atom. The van der Waals surface area contributed by atoms with E-state index in [0.29, 0.717) is 21.7 Å². The van der Waals surface area contributed by atoms with Crippen LogP contribution in [0.1, 0.15) is 33.4 Å². The minimum Gasteiger partial charge on any atom is -0.245 e. The maximum atomic E-state index is 6.56. The van der Waals surface area contributed by atoms with Gasteiger partial charge in [-0.05, 0) is 46.5 Å². The van der Waals surface area contributed by atoms with Crippen LogP contribution >= 0.6 is 23.2 Å². The highest BCUT2D eigenvalue weighted by Gasteiger charge is 2.64. The summed E-state index contributed by atoms with van der Waals surface area (Å²) in [5, 5.41) is 1.21. The minimum atomic E-state index is -1.22. The van der Waals surface area contributed by atoms with Crippen molar-refractivity contribution in [3.63, 3.8) is 0 Å². The van der Waals surface area contributed by atoms with Crippen molar-refractivity contribution in [2.24, 2.45) is 20.0 Å². The second-order valence-corrected chi connectivity index (χ2v) is 12.6. The van der Waals surface area contributed by atoms with Crippen LogP contribution in [-0.4, -0.2) is 23.1 Å². The highest BCUT2D eigenvalue weighted by Crippen LogP contribution is 2.55. The first-order valence-electron chi connectivity index (χ1n) is 15.7. The van der Waals surface area contributed by atoms with Gasteiger partial charge in [0.2, 0.25) is 0 Å². The average Bonchev–Trinajstić information content (AvgIpc) is 3.76. The molecule has 2 atom stereocenters. The largest absolute Gasteiger partial charge is 0.245 e. The van der Waals surface area contributed by atoms with Crippen LogP contribution in [0.15, 0.2) is 190 Å². The van der Waals surface area contributed by atoms with Gasteiger partial charge < -0.3 is 0 Å². The molecule has 0 N–H and O–H groups in total. The van der Waals surface area contributed by atoms with Crippen LogP contribution in [0, 0.1) is 0 Å². The molecule has 0 saturated heterocycles. The molecule has 0 radical (unpaired) electrons. The number of aliphatic imine (C=N–C) groups is 4. The highest BCUT2D eigenvalue weighted by atomic mass is 35.5. The van der Waals surface area contributed by atoms with Gasteiger partial charge in [-0.15, -0.1) is 0 Å². The van der Waals surface area contributed by atoms with Crippen LogP contribution in [0.25, 0.3) is 0 Å². The molecule has 2 unspecified atom stereocenters. The van der Waals surface area contributed by atoms with E-state index in [4.69, 9.17) is 43.2 Å². The summed E-state index contributed by atoms with van der Waals surface area (Å²) in [6.07, 6.45) is 0. The average molecular weight is 660 g/mol. The summed E-state index contributed by atoms with van der Waals surface area (Å²) in [6.45, 7) is 0. The third-order valence-corrected chi connectivity index (χ3v) is 9.31. The Morgan fingerprint density at radius 1 is 0.354 bits per heavy atom. The third kappa shape index (κ3) is 4.93. The zero-order chi connectivity index (χ0) is 32.6. The maximum absolute atomic E-state index is 6.56. The lowest BCUT2D eigenvalue weighted by molar-refractivity contribution is 0.420. The van der Waals surface area contributed by atoms with E-state index in [9.17, 15) is 0 Å². The fraction of sp³-hybridized carbons (Fsp3) is 0.0476. The molecular weight excluding hydrogens is 631 g/mol. The topological polar surface area (TPSA) is 49.4 Å². The van der Waals surface area contributed by atoms with Gasteiger partial charge in [0.1, 0.15) is 0 Å². The predicted octanol–water partition coefficient (Wildman–Crippen LogP) is 9.98. The van der Waals surface area contributed by atoms with Crippen molar-refractivity contribution in [3.8, 4) is 0 Å². The van der Waals surface area contributed by atoms with Crippen molar-refractivity contribution < 1.29 is 0 Å². The van der Waals surface area contributed by atoms with Crippen LogP contribution in [0.5, 0.6) is 0 Å². The van der Waals surface area contributed by atoms with Crippen molar-refractivity contribution in [2.75, 3.05) is 0 Å². The van der Waals surface area contributed by atoms with Crippen LogP contribution < -0.4 is 0 Å². The van der Waals surface area contributed by atoms with Gasteiger partial charge in [0, 0.05) is 21.2 Å². The second-order valence-electron chi connectivity index (χ2n) is 11.7. The number of rotatable bonds is 7. The lowest BCUT2D eigenvalue weighted by Gasteiger charge is -2.44. The summed E-state index contributed by atoms with van der Waals surface area (Å²) >= 11 is 13.1. The molecule has 6 aromatic rings. The fourth-order valence-electron chi connectivity index (χ4n) is 6.78. The van der Waals surface area contributed by atoms with Crippen molar-refractivity contribution in [1.29, 1.82) is 0 Å². The van der Waals surface area contributed by atoms with Gasteiger partial charge in [-0.1, -0.05) is 169 Å².